The van der Waals surface area contributed by atoms with E-state index in [9.17, 15) is 9.59 Å². The van der Waals surface area contributed by atoms with E-state index in [4.69, 9.17) is 18.0 Å². The van der Waals surface area contributed by atoms with Crippen LogP contribution in [0.3, 0.4) is 0 Å². The zero-order chi connectivity index (χ0) is 15.8. The Hall–Kier alpha value is -1.23. The molecule has 20 heavy (non-hydrogen) atoms. The molecule has 6 nitrogen and oxygen atoms in total. The molecular formula is C12H22O6Si2. The molecule has 0 aromatic heterocycles. The highest BCUT2D eigenvalue weighted by atomic mass is 28.4. The molecule has 0 aromatic rings. The molecule has 0 N–H and O–H groups in total. The summed E-state index contributed by atoms with van der Waals surface area (Å²) in [6, 6.07) is 0. The molecule has 0 aliphatic carbocycles. The highest BCUT2D eigenvalue weighted by Crippen LogP contribution is 2.16. The first-order valence-electron chi connectivity index (χ1n) is 6.04. The van der Waals surface area contributed by atoms with Crippen molar-refractivity contribution >= 4 is 28.8 Å². The van der Waals surface area contributed by atoms with Gasteiger partial charge in [-0.2, -0.15) is 0 Å². The molecule has 0 radical (unpaired) electrons. The zero-order valence-electron chi connectivity index (χ0n) is 12.4. The second-order valence-corrected chi connectivity index (χ2v) is 12.7. The smallest absolute Gasteiger partial charge is 0.332 e. The summed E-state index contributed by atoms with van der Waals surface area (Å²) < 4.78 is 21.2. The van der Waals surface area contributed by atoms with Crippen LogP contribution in [-0.4, -0.2) is 41.8 Å². The molecule has 0 amide bonds. The van der Waals surface area contributed by atoms with Crippen LogP contribution in [0.25, 0.3) is 0 Å². The fraction of sp³-hybridized carbons (Fsp3) is 0.500. The lowest BCUT2D eigenvalue weighted by Crippen LogP contribution is -2.50. The second kappa shape index (κ2) is 8.15. The van der Waals surface area contributed by atoms with E-state index in [1.54, 1.807) is 0 Å². The lowest BCUT2D eigenvalue weighted by atomic mass is 10.7. The monoisotopic (exact) mass is 318 g/mol. The van der Waals surface area contributed by atoms with E-state index in [1.807, 2.05) is 26.2 Å². The van der Waals surface area contributed by atoms with Gasteiger partial charge in [0.1, 0.15) is 6.23 Å². The Morgan fingerprint density at radius 1 is 1.00 bits per heavy atom. The Kier molecular flexibility index (Phi) is 7.65. The van der Waals surface area contributed by atoms with E-state index in [-0.39, 0.29) is 13.0 Å². The maximum Gasteiger partial charge on any atom is 0.332 e. The van der Waals surface area contributed by atoms with Gasteiger partial charge in [-0.1, -0.05) is 13.2 Å². The van der Waals surface area contributed by atoms with Crippen LogP contribution in [0, 0.1) is 0 Å². The molecule has 0 fully saturated rings. The van der Waals surface area contributed by atoms with Crippen molar-refractivity contribution in [3.8, 4) is 0 Å². The van der Waals surface area contributed by atoms with Gasteiger partial charge in [-0.15, -0.1) is 0 Å². The van der Waals surface area contributed by atoms with E-state index in [0.717, 1.165) is 12.2 Å². The van der Waals surface area contributed by atoms with Crippen LogP contribution in [0.1, 0.15) is 0 Å². The number of carbonyl (C=O) groups excluding carboxylic acids is 2. The average molecular weight is 318 g/mol. The van der Waals surface area contributed by atoms with Crippen LogP contribution in [0.5, 0.6) is 0 Å². The molecule has 0 heterocycles. The third-order valence-corrected chi connectivity index (χ3v) is 7.85. The Labute approximate surface area is 121 Å². The molecule has 0 saturated heterocycles. The first-order chi connectivity index (χ1) is 9.12. The van der Waals surface area contributed by atoms with Crippen molar-refractivity contribution in [1.29, 1.82) is 0 Å². The molecule has 0 aromatic carbocycles. The molecule has 8 heteroatoms. The van der Waals surface area contributed by atoms with Crippen LogP contribution in [0.2, 0.25) is 26.2 Å². The molecular weight excluding hydrogens is 296 g/mol. The summed E-state index contributed by atoms with van der Waals surface area (Å²) in [6.45, 7) is 13.9. The van der Waals surface area contributed by atoms with E-state index in [0.29, 0.717) is 0 Å². The van der Waals surface area contributed by atoms with Crippen molar-refractivity contribution < 1.29 is 27.6 Å². The highest BCUT2D eigenvalue weighted by molar-refractivity contribution is 6.82. The number of hydrogen-bond donors (Lipinski definition) is 0. The predicted molar refractivity (Wildman–Crippen MR) is 79.4 cm³/mol. The summed E-state index contributed by atoms with van der Waals surface area (Å²) in [5, 5.41) is 0. The summed E-state index contributed by atoms with van der Waals surface area (Å²) in [5.74, 6) is -1.03. The standard InChI is InChI=1S/C12H22O6Si2/c1-7-11(13)15-9-17-20(5,6)18-19(3,4)10-16-12(14)8-2/h7-8H,1-2,9-10H2,3-6H3. The van der Waals surface area contributed by atoms with Crippen LogP contribution >= 0.6 is 0 Å². The van der Waals surface area contributed by atoms with Gasteiger partial charge in [-0.25, -0.2) is 9.59 Å². The van der Waals surface area contributed by atoms with Gasteiger partial charge < -0.3 is 18.0 Å². The van der Waals surface area contributed by atoms with Gasteiger partial charge in [0.2, 0.25) is 8.32 Å². The Morgan fingerprint density at radius 3 is 2.00 bits per heavy atom. The summed E-state index contributed by atoms with van der Waals surface area (Å²) >= 11 is 0. The van der Waals surface area contributed by atoms with E-state index >= 15 is 0 Å². The molecule has 0 bridgehead atoms. The quantitative estimate of drug-likeness (QED) is 0.280. The molecule has 0 saturated carbocycles. The van der Waals surface area contributed by atoms with Gasteiger partial charge in [0.05, 0.1) is 0 Å². The fourth-order valence-corrected chi connectivity index (χ4v) is 7.94. The minimum Gasteiger partial charge on any atom is -0.463 e. The first kappa shape index (κ1) is 18.8. The van der Waals surface area contributed by atoms with Gasteiger partial charge in [0.25, 0.3) is 0 Å². The molecule has 0 atom stereocenters. The fourth-order valence-electron chi connectivity index (χ4n) is 1.32. The Balaban J connectivity index is 4.27. The van der Waals surface area contributed by atoms with Crippen LogP contribution in [-0.2, 0) is 27.6 Å². The van der Waals surface area contributed by atoms with E-state index in [2.05, 4.69) is 13.2 Å². The first-order valence-corrected chi connectivity index (χ1v) is 12.0. The molecule has 0 unspecified atom stereocenters. The summed E-state index contributed by atoms with van der Waals surface area (Å²) in [4.78, 5) is 21.9. The molecule has 0 aliphatic rings. The van der Waals surface area contributed by atoms with Crippen molar-refractivity contribution in [2.45, 2.75) is 26.2 Å². The topological polar surface area (TPSA) is 71.1 Å². The van der Waals surface area contributed by atoms with E-state index < -0.39 is 28.8 Å². The highest BCUT2D eigenvalue weighted by Gasteiger charge is 2.36. The Bertz CT molecular complexity index is 378. The van der Waals surface area contributed by atoms with Crippen LogP contribution in [0.15, 0.2) is 25.3 Å². The van der Waals surface area contributed by atoms with E-state index in [1.165, 1.54) is 0 Å². The molecule has 0 aliphatic heterocycles. The van der Waals surface area contributed by atoms with Crippen molar-refractivity contribution in [2.75, 3.05) is 13.0 Å². The van der Waals surface area contributed by atoms with Gasteiger partial charge in [-0.05, 0) is 26.2 Å². The summed E-state index contributed by atoms with van der Waals surface area (Å²) in [5.41, 5.74) is 0. The minimum absolute atomic E-state index is 0.180. The van der Waals surface area contributed by atoms with Gasteiger partial charge in [0.15, 0.2) is 6.79 Å². The van der Waals surface area contributed by atoms with Crippen molar-refractivity contribution in [3.63, 3.8) is 0 Å². The van der Waals surface area contributed by atoms with Crippen molar-refractivity contribution in [3.05, 3.63) is 25.3 Å². The summed E-state index contributed by atoms with van der Waals surface area (Å²) in [6.07, 6.45) is 2.38. The van der Waals surface area contributed by atoms with Gasteiger partial charge >= 0.3 is 20.5 Å². The second-order valence-electron chi connectivity index (χ2n) is 5.00. The number of rotatable bonds is 9. The molecule has 0 rings (SSSR count). The maximum atomic E-state index is 11.0. The van der Waals surface area contributed by atoms with Crippen molar-refractivity contribution in [1.82, 2.24) is 0 Å². The number of hydrogen-bond acceptors (Lipinski definition) is 6. The lowest BCUT2D eigenvalue weighted by Gasteiger charge is -2.32. The average Bonchev–Trinajstić information content (AvgIpc) is 2.34. The molecule has 0 spiro atoms. The maximum absolute atomic E-state index is 11.0. The minimum atomic E-state index is -2.47. The van der Waals surface area contributed by atoms with Gasteiger partial charge in [0, 0.05) is 12.2 Å². The number of ether oxygens (including phenoxy) is 2. The number of esters is 2. The third kappa shape index (κ3) is 8.80. The van der Waals surface area contributed by atoms with Crippen molar-refractivity contribution in [2.24, 2.45) is 0 Å². The van der Waals surface area contributed by atoms with Crippen LogP contribution in [0.4, 0.5) is 0 Å². The summed E-state index contributed by atoms with van der Waals surface area (Å²) in [7, 11) is -4.69. The number of carbonyl (C=O) groups is 2. The lowest BCUT2D eigenvalue weighted by molar-refractivity contribution is -0.145. The normalized spacial score (nSPS) is 11.6. The predicted octanol–water partition coefficient (Wildman–Crippen LogP) is 1.88. The van der Waals surface area contributed by atoms with Crippen LogP contribution < -0.4 is 0 Å². The SMILES string of the molecule is C=CC(=O)OCO[Si](C)(C)O[Si](C)(C)COC(=O)C=C. The van der Waals surface area contributed by atoms with Gasteiger partial charge in [-0.3, -0.25) is 0 Å². The Morgan fingerprint density at radius 2 is 1.50 bits per heavy atom. The molecule has 114 valence electrons. The largest absolute Gasteiger partial charge is 0.463 e. The third-order valence-electron chi connectivity index (χ3n) is 2.03. The zero-order valence-corrected chi connectivity index (χ0v) is 14.4.